The van der Waals surface area contributed by atoms with Crippen LogP contribution < -0.4 is 0 Å². The zero-order valence-electron chi connectivity index (χ0n) is 5.26. The zero-order valence-corrected chi connectivity index (χ0v) is 7.60. The lowest BCUT2D eigenvalue weighted by Crippen LogP contribution is -2.35. The summed E-state index contributed by atoms with van der Waals surface area (Å²) < 4.78 is 4.88. The van der Waals surface area contributed by atoms with Crippen LogP contribution in [0.5, 0.6) is 0 Å². The number of hydrogen-bond acceptors (Lipinski definition) is 2. The third kappa shape index (κ3) is 1.37. The molecule has 0 saturated carbocycles. The van der Waals surface area contributed by atoms with Gasteiger partial charge < -0.3 is 9.84 Å². The van der Waals surface area contributed by atoms with Crippen LogP contribution in [0.15, 0.2) is 12.7 Å². The minimum absolute atomic E-state index is 0.300. The highest BCUT2D eigenvalue weighted by Gasteiger charge is 2.51. The highest BCUT2D eigenvalue weighted by molar-refractivity contribution is 9.09. The quantitative estimate of drug-likeness (QED) is 0.447. The molecule has 1 aliphatic heterocycles. The van der Waals surface area contributed by atoms with E-state index in [0.29, 0.717) is 5.33 Å². The summed E-state index contributed by atoms with van der Waals surface area (Å²) in [6, 6.07) is 0. The maximum absolute atomic E-state index is 9.56. The van der Waals surface area contributed by atoms with Gasteiger partial charge in [-0.05, 0) is 0 Å². The monoisotopic (exact) mass is 226 g/mol. The predicted molar refractivity (Wildman–Crippen MR) is 43.5 cm³/mol. The van der Waals surface area contributed by atoms with Gasteiger partial charge in [0.2, 0.25) is 0 Å². The van der Waals surface area contributed by atoms with Crippen molar-refractivity contribution in [3.05, 3.63) is 12.7 Å². The highest BCUT2D eigenvalue weighted by Crippen LogP contribution is 2.36. The van der Waals surface area contributed by atoms with Gasteiger partial charge >= 0.3 is 0 Å². The van der Waals surface area contributed by atoms with Crippen LogP contribution in [0.3, 0.4) is 0 Å². The summed E-state index contributed by atoms with van der Waals surface area (Å²) in [6.07, 6.45) is 1.14. The lowest BCUT2D eigenvalue weighted by atomic mass is 10.0. The summed E-state index contributed by atoms with van der Waals surface area (Å²) in [7, 11) is 0. The maximum atomic E-state index is 9.56. The third-order valence-electron chi connectivity index (χ3n) is 1.50. The first-order valence-corrected chi connectivity index (χ1v) is 4.41. The fraction of sp³-hybridized carbons (Fsp3) is 0.667. The van der Waals surface area contributed by atoms with Gasteiger partial charge in [0.25, 0.3) is 0 Å². The summed E-state index contributed by atoms with van der Waals surface area (Å²) in [4.78, 5) is 0. The summed E-state index contributed by atoms with van der Waals surface area (Å²) in [5.41, 5.74) is -1.37. The first-order chi connectivity index (χ1) is 4.64. The summed E-state index contributed by atoms with van der Waals surface area (Å²) in [6.45, 7) is 3.48. The molecule has 0 aliphatic carbocycles. The second-order valence-electron chi connectivity index (χ2n) is 2.24. The topological polar surface area (TPSA) is 32.8 Å². The first-order valence-electron chi connectivity index (χ1n) is 2.85. The average Bonchev–Trinajstić information content (AvgIpc) is 2.66. The molecule has 0 aromatic rings. The van der Waals surface area contributed by atoms with Crippen molar-refractivity contribution in [3.63, 3.8) is 0 Å². The van der Waals surface area contributed by atoms with Gasteiger partial charge in [-0.2, -0.15) is 0 Å². The molecule has 0 amide bonds. The van der Waals surface area contributed by atoms with E-state index < -0.39 is 5.60 Å². The lowest BCUT2D eigenvalue weighted by Gasteiger charge is -2.17. The number of aliphatic hydroxyl groups is 1. The fourth-order valence-corrected chi connectivity index (χ4v) is 1.56. The van der Waals surface area contributed by atoms with E-state index in [1.807, 2.05) is 0 Å². The summed E-state index contributed by atoms with van der Waals surface area (Å²) in [5.74, 6) is 0. The Balaban J connectivity index is 2.56. The van der Waals surface area contributed by atoms with Gasteiger partial charge in [0, 0.05) is 5.33 Å². The molecule has 0 aromatic carbocycles. The second-order valence-corrected chi connectivity index (χ2v) is 3.23. The average molecular weight is 227 g/mol. The summed E-state index contributed by atoms with van der Waals surface area (Å²) in [5, 5.41) is 9.96. The molecule has 0 aromatic heterocycles. The van der Waals surface area contributed by atoms with E-state index in [1.54, 1.807) is 0 Å². The number of ether oxygens (including phenoxy) is 1. The van der Waals surface area contributed by atoms with E-state index in [9.17, 15) is 5.11 Å². The molecule has 1 fully saturated rings. The van der Waals surface area contributed by atoms with Crippen molar-refractivity contribution >= 4 is 27.5 Å². The molecule has 0 radical (unpaired) electrons. The number of halogens is 2. The standard InChI is InChI=1S/C6H8BrClO2/c1-2-6(9,3-7)4-5(8)10-4/h2,4-5,9H,1,3H2/t4?,5?,6-/m0/s1. The Kier molecular flexibility index (Phi) is 2.40. The number of epoxide rings is 1. The van der Waals surface area contributed by atoms with Gasteiger partial charge in [-0.1, -0.05) is 33.6 Å². The second kappa shape index (κ2) is 2.81. The molecule has 0 spiro atoms. The Labute approximate surface area is 72.9 Å². The number of rotatable bonds is 3. The van der Waals surface area contributed by atoms with Gasteiger partial charge in [0.05, 0.1) is 0 Å². The number of alkyl halides is 2. The molecule has 4 heteroatoms. The molecule has 0 bridgehead atoms. The molecule has 1 heterocycles. The zero-order chi connectivity index (χ0) is 7.78. The Morgan fingerprint density at radius 3 is 2.50 bits per heavy atom. The predicted octanol–water partition coefficient (Wildman–Crippen LogP) is 1.26. The van der Waals surface area contributed by atoms with Crippen LogP contribution in [0.4, 0.5) is 0 Å². The van der Waals surface area contributed by atoms with Gasteiger partial charge in [-0.25, -0.2) is 0 Å². The van der Waals surface area contributed by atoms with Crippen LogP contribution in [-0.4, -0.2) is 27.7 Å². The molecule has 58 valence electrons. The van der Waals surface area contributed by atoms with E-state index >= 15 is 0 Å². The van der Waals surface area contributed by atoms with Gasteiger partial charge in [-0.15, -0.1) is 6.58 Å². The van der Waals surface area contributed by atoms with E-state index in [1.165, 1.54) is 6.08 Å². The SMILES string of the molecule is C=C[C@](O)(CBr)C1OC1Cl. The molecule has 2 nitrogen and oxygen atoms in total. The van der Waals surface area contributed by atoms with Crippen molar-refractivity contribution in [2.45, 2.75) is 17.3 Å². The molecule has 1 saturated heterocycles. The molecule has 2 unspecified atom stereocenters. The molecule has 1 aliphatic rings. The van der Waals surface area contributed by atoms with Crippen molar-refractivity contribution in [2.24, 2.45) is 0 Å². The molecular weight excluding hydrogens is 219 g/mol. The van der Waals surface area contributed by atoms with E-state index in [2.05, 4.69) is 22.5 Å². The van der Waals surface area contributed by atoms with Gasteiger partial charge in [0.1, 0.15) is 11.7 Å². The Bertz CT molecular complexity index is 153. The smallest absolute Gasteiger partial charge is 0.161 e. The maximum Gasteiger partial charge on any atom is 0.161 e. The van der Waals surface area contributed by atoms with Crippen LogP contribution >= 0.6 is 27.5 Å². The highest BCUT2D eigenvalue weighted by atomic mass is 79.9. The Morgan fingerprint density at radius 1 is 1.90 bits per heavy atom. The van der Waals surface area contributed by atoms with Crippen molar-refractivity contribution in [1.82, 2.24) is 0 Å². The normalized spacial score (nSPS) is 36.7. The summed E-state index contributed by atoms with van der Waals surface area (Å²) >= 11 is 8.68. The van der Waals surface area contributed by atoms with Gasteiger partial charge in [-0.3, -0.25) is 0 Å². The van der Waals surface area contributed by atoms with Crippen LogP contribution in [-0.2, 0) is 4.74 Å². The van der Waals surface area contributed by atoms with E-state index in [4.69, 9.17) is 16.3 Å². The van der Waals surface area contributed by atoms with Crippen molar-refractivity contribution < 1.29 is 9.84 Å². The molecule has 1 N–H and O–H groups in total. The molecule has 3 atom stereocenters. The minimum atomic E-state index is -1.01. The molecule has 1 rings (SSSR count). The lowest BCUT2D eigenvalue weighted by molar-refractivity contribution is 0.0829. The fourth-order valence-electron chi connectivity index (χ4n) is 0.686. The molecule has 10 heavy (non-hydrogen) atoms. The van der Waals surface area contributed by atoms with Crippen LogP contribution in [0.2, 0.25) is 0 Å². The van der Waals surface area contributed by atoms with Crippen LogP contribution in [0, 0.1) is 0 Å². The third-order valence-corrected chi connectivity index (χ3v) is 2.73. The Morgan fingerprint density at radius 2 is 2.40 bits per heavy atom. The number of hydrogen-bond donors (Lipinski definition) is 1. The first kappa shape index (κ1) is 8.53. The minimum Gasteiger partial charge on any atom is -0.382 e. The van der Waals surface area contributed by atoms with Crippen molar-refractivity contribution in [2.75, 3.05) is 5.33 Å². The van der Waals surface area contributed by atoms with E-state index in [-0.39, 0.29) is 11.7 Å². The Hall–Kier alpha value is 0.430. The van der Waals surface area contributed by atoms with Crippen molar-refractivity contribution in [3.8, 4) is 0 Å². The van der Waals surface area contributed by atoms with Gasteiger partial charge in [0.15, 0.2) is 5.56 Å². The van der Waals surface area contributed by atoms with E-state index in [0.717, 1.165) is 0 Å². The van der Waals surface area contributed by atoms with Crippen LogP contribution in [0.1, 0.15) is 0 Å². The molecular formula is C6H8BrClO2. The van der Waals surface area contributed by atoms with Crippen LogP contribution in [0.25, 0.3) is 0 Å². The van der Waals surface area contributed by atoms with Crippen molar-refractivity contribution in [1.29, 1.82) is 0 Å². The largest absolute Gasteiger partial charge is 0.382 e.